The average Bonchev–Trinajstić information content (AvgIpc) is 2.30. The Balaban J connectivity index is 0.000000720. The van der Waals surface area contributed by atoms with Crippen LogP contribution in [0.4, 0.5) is 0 Å². The van der Waals surface area contributed by atoms with Gasteiger partial charge in [-0.2, -0.15) is 0 Å². The summed E-state index contributed by atoms with van der Waals surface area (Å²) < 4.78 is 0. The molecular weight excluding hydrogens is 207 g/mol. The molecule has 1 aromatic carbocycles. The first-order chi connectivity index (χ1) is 5.29. The normalized spacial score (nSPS) is 24.2. The Hall–Kier alpha value is -0.280. The molecule has 0 aromatic heterocycles. The SMILES string of the molecule is Cl.Cl.NC1Cc2ccccc2C1N. The monoisotopic (exact) mass is 220 g/mol. The van der Waals surface area contributed by atoms with E-state index in [0.29, 0.717) is 0 Å². The van der Waals surface area contributed by atoms with E-state index in [0.717, 1.165) is 6.42 Å². The van der Waals surface area contributed by atoms with E-state index in [4.69, 9.17) is 11.5 Å². The highest BCUT2D eigenvalue weighted by Gasteiger charge is 2.25. The highest BCUT2D eigenvalue weighted by Crippen LogP contribution is 2.27. The van der Waals surface area contributed by atoms with Gasteiger partial charge in [-0.3, -0.25) is 0 Å². The maximum atomic E-state index is 5.86. The topological polar surface area (TPSA) is 52.0 Å². The summed E-state index contributed by atoms with van der Waals surface area (Å²) in [6.07, 6.45) is 0.928. The van der Waals surface area contributed by atoms with Gasteiger partial charge >= 0.3 is 0 Å². The fourth-order valence-electron chi connectivity index (χ4n) is 1.66. The van der Waals surface area contributed by atoms with E-state index in [1.807, 2.05) is 12.1 Å². The molecule has 0 spiro atoms. The van der Waals surface area contributed by atoms with Crippen molar-refractivity contribution >= 4 is 24.8 Å². The van der Waals surface area contributed by atoms with Crippen molar-refractivity contribution in [2.45, 2.75) is 18.5 Å². The van der Waals surface area contributed by atoms with Crippen molar-refractivity contribution in [3.8, 4) is 0 Å². The maximum absolute atomic E-state index is 5.86. The van der Waals surface area contributed by atoms with E-state index in [1.54, 1.807) is 0 Å². The Morgan fingerprint density at radius 3 is 2.31 bits per heavy atom. The molecule has 2 nitrogen and oxygen atoms in total. The van der Waals surface area contributed by atoms with Crippen LogP contribution in [0.15, 0.2) is 24.3 Å². The Morgan fingerprint density at radius 2 is 1.69 bits per heavy atom. The summed E-state index contributed by atoms with van der Waals surface area (Å²) in [7, 11) is 0. The lowest BCUT2D eigenvalue weighted by atomic mass is 10.1. The third-order valence-corrected chi connectivity index (χ3v) is 2.33. The molecule has 1 aliphatic carbocycles. The van der Waals surface area contributed by atoms with Crippen molar-refractivity contribution in [2.75, 3.05) is 0 Å². The second kappa shape index (κ2) is 4.82. The van der Waals surface area contributed by atoms with Crippen LogP contribution in [0.2, 0.25) is 0 Å². The number of fused-ring (bicyclic) bond motifs is 1. The van der Waals surface area contributed by atoms with Crippen LogP contribution < -0.4 is 11.5 Å². The molecule has 0 aliphatic heterocycles. The van der Waals surface area contributed by atoms with Crippen molar-refractivity contribution in [2.24, 2.45) is 11.5 Å². The molecule has 74 valence electrons. The second-order valence-electron chi connectivity index (χ2n) is 3.09. The van der Waals surface area contributed by atoms with Gasteiger partial charge in [-0.05, 0) is 17.5 Å². The molecule has 0 fully saturated rings. The Labute approximate surface area is 90.5 Å². The Kier molecular flexibility index (Phi) is 4.71. The predicted octanol–water partition coefficient (Wildman–Crippen LogP) is 1.41. The molecule has 2 unspecified atom stereocenters. The second-order valence-corrected chi connectivity index (χ2v) is 3.09. The summed E-state index contributed by atoms with van der Waals surface area (Å²) in [5.41, 5.74) is 14.2. The van der Waals surface area contributed by atoms with Crippen LogP contribution in [-0.2, 0) is 6.42 Å². The highest BCUT2D eigenvalue weighted by atomic mass is 35.5. The molecule has 1 aliphatic rings. The molecule has 13 heavy (non-hydrogen) atoms. The van der Waals surface area contributed by atoms with Crippen LogP contribution in [0.1, 0.15) is 17.2 Å². The summed E-state index contributed by atoms with van der Waals surface area (Å²) in [6, 6.07) is 8.37. The van der Waals surface area contributed by atoms with E-state index in [9.17, 15) is 0 Å². The molecular formula is C9H14Cl2N2. The quantitative estimate of drug-likeness (QED) is 0.695. The summed E-state index contributed by atoms with van der Waals surface area (Å²) in [4.78, 5) is 0. The van der Waals surface area contributed by atoms with Crippen LogP contribution in [-0.4, -0.2) is 6.04 Å². The van der Waals surface area contributed by atoms with Crippen molar-refractivity contribution in [3.05, 3.63) is 35.4 Å². The van der Waals surface area contributed by atoms with Gasteiger partial charge in [0.15, 0.2) is 0 Å². The van der Waals surface area contributed by atoms with Gasteiger partial charge in [-0.15, -0.1) is 24.8 Å². The largest absolute Gasteiger partial charge is 0.326 e. The zero-order valence-corrected chi connectivity index (χ0v) is 8.78. The van der Waals surface area contributed by atoms with Crippen molar-refractivity contribution < 1.29 is 0 Å². The molecule has 0 amide bonds. The van der Waals surface area contributed by atoms with Crippen molar-refractivity contribution in [3.63, 3.8) is 0 Å². The van der Waals surface area contributed by atoms with Crippen LogP contribution in [0, 0.1) is 0 Å². The van der Waals surface area contributed by atoms with Crippen molar-refractivity contribution in [1.82, 2.24) is 0 Å². The predicted molar refractivity (Wildman–Crippen MR) is 59.5 cm³/mol. The first-order valence-electron chi connectivity index (χ1n) is 3.88. The standard InChI is InChI=1S/C9H12N2.2ClH/c10-8-5-6-3-1-2-4-7(6)9(8)11;;/h1-4,8-9H,5,10-11H2;2*1H. The van der Waals surface area contributed by atoms with Gasteiger partial charge in [-0.25, -0.2) is 0 Å². The Bertz CT molecular complexity index is 278. The van der Waals surface area contributed by atoms with Crippen LogP contribution in [0.25, 0.3) is 0 Å². The zero-order valence-electron chi connectivity index (χ0n) is 7.14. The summed E-state index contributed by atoms with van der Waals surface area (Å²) in [5, 5.41) is 0. The molecule has 4 heteroatoms. The molecule has 0 saturated carbocycles. The fraction of sp³-hybridized carbons (Fsp3) is 0.333. The summed E-state index contributed by atoms with van der Waals surface area (Å²) >= 11 is 0. The van der Waals surface area contributed by atoms with Gasteiger partial charge in [-0.1, -0.05) is 24.3 Å². The van der Waals surface area contributed by atoms with E-state index < -0.39 is 0 Å². The maximum Gasteiger partial charge on any atom is 0.0454 e. The lowest BCUT2D eigenvalue weighted by Crippen LogP contribution is -2.30. The van der Waals surface area contributed by atoms with Gasteiger partial charge in [0.1, 0.15) is 0 Å². The van der Waals surface area contributed by atoms with Gasteiger partial charge in [0.05, 0.1) is 0 Å². The summed E-state index contributed by atoms with van der Waals surface area (Å²) in [6.45, 7) is 0. The van der Waals surface area contributed by atoms with Crippen molar-refractivity contribution in [1.29, 1.82) is 0 Å². The highest BCUT2D eigenvalue weighted by molar-refractivity contribution is 5.85. The van der Waals surface area contributed by atoms with E-state index >= 15 is 0 Å². The first kappa shape index (κ1) is 12.7. The molecule has 0 saturated heterocycles. The molecule has 2 atom stereocenters. The van der Waals surface area contributed by atoms with E-state index in [-0.39, 0.29) is 36.9 Å². The number of nitrogens with two attached hydrogens (primary N) is 2. The Morgan fingerprint density at radius 1 is 1.08 bits per heavy atom. The number of benzene rings is 1. The van der Waals surface area contributed by atoms with Gasteiger partial charge in [0.25, 0.3) is 0 Å². The number of hydrogen-bond donors (Lipinski definition) is 2. The molecule has 0 radical (unpaired) electrons. The zero-order chi connectivity index (χ0) is 7.84. The van der Waals surface area contributed by atoms with Gasteiger partial charge < -0.3 is 11.5 Å². The lowest BCUT2D eigenvalue weighted by Gasteiger charge is -2.08. The van der Waals surface area contributed by atoms with E-state index in [1.165, 1.54) is 11.1 Å². The average molecular weight is 221 g/mol. The summed E-state index contributed by atoms with van der Waals surface area (Å²) in [5.74, 6) is 0. The third kappa shape index (κ3) is 2.15. The number of rotatable bonds is 0. The number of halogens is 2. The molecule has 0 bridgehead atoms. The van der Waals surface area contributed by atoms with E-state index in [2.05, 4.69) is 12.1 Å². The minimum atomic E-state index is 0. The minimum Gasteiger partial charge on any atom is -0.326 e. The van der Waals surface area contributed by atoms with Gasteiger partial charge in [0.2, 0.25) is 0 Å². The lowest BCUT2D eigenvalue weighted by molar-refractivity contribution is 0.593. The fourth-order valence-corrected chi connectivity index (χ4v) is 1.66. The molecule has 4 N–H and O–H groups in total. The molecule has 0 heterocycles. The van der Waals surface area contributed by atoms with Gasteiger partial charge in [0, 0.05) is 12.1 Å². The van der Waals surface area contributed by atoms with Crippen LogP contribution in [0.3, 0.4) is 0 Å². The van der Waals surface area contributed by atoms with Crippen LogP contribution >= 0.6 is 24.8 Å². The smallest absolute Gasteiger partial charge is 0.0454 e. The van der Waals surface area contributed by atoms with Crippen LogP contribution in [0.5, 0.6) is 0 Å². The third-order valence-electron chi connectivity index (χ3n) is 2.33. The molecule has 1 aromatic rings. The molecule has 2 rings (SSSR count). The number of hydrogen-bond acceptors (Lipinski definition) is 2. The first-order valence-corrected chi connectivity index (χ1v) is 3.88. The minimum absolute atomic E-state index is 0.